The van der Waals surface area contributed by atoms with Gasteiger partial charge in [-0.25, -0.2) is 4.98 Å². The number of fused-ring (bicyclic) bond motifs is 1. The average Bonchev–Trinajstić information content (AvgIpc) is 2.84. The summed E-state index contributed by atoms with van der Waals surface area (Å²) in [4.78, 5) is 15.4. The van der Waals surface area contributed by atoms with Gasteiger partial charge in [-0.15, -0.1) is 11.3 Å². The summed E-state index contributed by atoms with van der Waals surface area (Å²) in [6.07, 6.45) is 1.40. The maximum Gasteiger partial charge on any atom is 0.220 e. The fraction of sp³-hybridized carbons (Fsp3) is 0.333. The van der Waals surface area contributed by atoms with Crippen molar-refractivity contribution < 1.29 is 4.79 Å². The number of rotatable bonds is 2. The zero-order chi connectivity index (χ0) is 12.5. The van der Waals surface area contributed by atoms with Gasteiger partial charge in [-0.1, -0.05) is 0 Å². The normalized spacial score (nSPS) is 19.8. The Kier molecular flexibility index (Phi) is 2.79. The number of piperidine rings is 1. The van der Waals surface area contributed by atoms with E-state index in [1.807, 2.05) is 12.1 Å². The van der Waals surface area contributed by atoms with Crippen LogP contribution in [0.5, 0.6) is 0 Å². The van der Waals surface area contributed by atoms with E-state index in [0.717, 1.165) is 22.3 Å². The summed E-state index contributed by atoms with van der Waals surface area (Å²) in [5.41, 5.74) is 10.3. The lowest BCUT2D eigenvalue weighted by atomic mass is 10.1. The number of benzene rings is 1. The predicted molar refractivity (Wildman–Crippen MR) is 73.7 cm³/mol. The van der Waals surface area contributed by atoms with E-state index in [0.29, 0.717) is 18.7 Å². The fourth-order valence-corrected chi connectivity index (χ4v) is 2.85. The molecule has 1 fully saturated rings. The van der Waals surface area contributed by atoms with Crippen LogP contribution in [-0.4, -0.2) is 23.5 Å². The number of hydrogen-bond donors (Lipinski definition) is 3. The zero-order valence-electron chi connectivity index (χ0n) is 9.77. The molecule has 1 aliphatic rings. The van der Waals surface area contributed by atoms with Crippen molar-refractivity contribution in [3.8, 4) is 0 Å². The van der Waals surface area contributed by atoms with Crippen LogP contribution in [0.3, 0.4) is 0 Å². The van der Waals surface area contributed by atoms with Crippen LogP contribution in [0.25, 0.3) is 10.2 Å². The van der Waals surface area contributed by atoms with E-state index < -0.39 is 0 Å². The van der Waals surface area contributed by atoms with E-state index in [9.17, 15) is 4.79 Å². The Bertz CT molecular complexity index is 585. The lowest BCUT2D eigenvalue weighted by Gasteiger charge is -2.25. The Morgan fingerprint density at radius 2 is 2.39 bits per heavy atom. The quantitative estimate of drug-likeness (QED) is 0.718. The molecule has 2 aromatic rings. The number of anilines is 2. The van der Waals surface area contributed by atoms with Crippen LogP contribution < -0.4 is 16.4 Å². The van der Waals surface area contributed by atoms with E-state index in [-0.39, 0.29) is 11.9 Å². The standard InChI is InChI=1S/C12H14N4OS/c13-11-8(2-3-9-12(11)15-6-18-9)16-7-1-4-10(17)14-5-7/h2-3,6-7,16H,1,4-5,13H2,(H,14,17). The maximum atomic E-state index is 11.1. The molecule has 4 N–H and O–H groups in total. The first-order valence-electron chi connectivity index (χ1n) is 5.89. The van der Waals surface area contributed by atoms with E-state index in [1.54, 1.807) is 16.8 Å². The number of nitrogens with one attached hydrogen (secondary N) is 2. The van der Waals surface area contributed by atoms with Crippen LogP contribution in [-0.2, 0) is 4.79 Å². The maximum absolute atomic E-state index is 11.1. The SMILES string of the molecule is Nc1c(NC2CCC(=O)NC2)ccc2scnc12. The van der Waals surface area contributed by atoms with Gasteiger partial charge in [-0.2, -0.15) is 0 Å². The van der Waals surface area contributed by atoms with Crippen molar-refractivity contribution in [2.24, 2.45) is 0 Å². The van der Waals surface area contributed by atoms with E-state index in [4.69, 9.17) is 5.73 Å². The molecule has 0 spiro atoms. The summed E-state index contributed by atoms with van der Waals surface area (Å²) >= 11 is 1.58. The molecule has 1 saturated heterocycles. The number of carbonyl (C=O) groups is 1. The summed E-state index contributed by atoms with van der Waals surface area (Å²) in [6.45, 7) is 0.646. The van der Waals surface area contributed by atoms with Crippen molar-refractivity contribution in [3.05, 3.63) is 17.6 Å². The molecule has 94 valence electrons. The second-order valence-corrected chi connectivity index (χ2v) is 5.30. The minimum atomic E-state index is 0.121. The van der Waals surface area contributed by atoms with Gasteiger partial charge in [0.1, 0.15) is 5.52 Å². The molecular weight excluding hydrogens is 248 g/mol. The molecule has 0 bridgehead atoms. The molecule has 5 nitrogen and oxygen atoms in total. The van der Waals surface area contributed by atoms with Crippen LogP contribution in [0.2, 0.25) is 0 Å². The highest BCUT2D eigenvalue weighted by atomic mass is 32.1. The highest BCUT2D eigenvalue weighted by Crippen LogP contribution is 2.30. The number of amides is 1. The Balaban J connectivity index is 1.82. The lowest BCUT2D eigenvalue weighted by Crippen LogP contribution is -2.41. The van der Waals surface area contributed by atoms with Gasteiger partial charge in [-0.3, -0.25) is 4.79 Å². The molecule has 2 heterocycles. The molecule has 6 heteroatoms. The van der Waals surface area contributed by atoms with Crippen molar-refractivity contribution in [1.82, 2.24) is 10.3 Å². The third-order valence-electron chi connectivity index (χ3n) is 3.17. The van der Waals surface area contributed by atoms with Crippen molar-refractivity contribution in [3.63, 3.8) is 0 Å². The molecule has 1 amide bonds. The Labute approximate surface area is 108 Å². The van der Waals surface area contributed by atoms with E-state index in [2.05, 4.69) is 15.6 Å². The molecular formula is C12H14N4OS. The minimum absolute atomic E-state index is 0.121. The van der Waals surface area contributed by atoms with Crippen molar-refractivity contribution in [2.75, 3.05) is 17.6 Å². The van der Waals surface area contributed by atoms with Crippen molar-refractivity contribution in [1.29, 1.82) is 0 Å². The van der Waals surface area contributed by atoms with Crippen LogP contribution >= 0.6 is 11.3 Å². The Morgan fingerprint density at radius 3 is 3.17 bits per heavy atom. The molecule has 0 aliphatic carbocycles. The number of thiazole rings is 1. The Hall–Kier alpha value is -1.82. The zero-order valence-corrected chi connectivity index (χ0v) is 10.6. The number of nitrogens with zero attached hydrogens (tertiary/aromatic N) is 1. The third kappa shape index (κ3) is 1.99. The van der Waals surface area contributed by atoms with Crippen molar-refractivity contribution >= 4 is 38.8 Å². The average molecular weight is 262 g/mol. The molecule has 3 rings (SSSR count). The van der Waals surface area contributed by atoms with Gasteiger partial charge < -0.3 is 16.4 Å². The van der Waals surface area contributed by atoms with Gasteiger partial charge in [0.2, 0.25) is 5.91 Å². The summed E-state index contributed by atoms with van der Waals surface area (Å²) in [5, 5.41) is 6.22. The second kappa shape index (κ2) is 4.45. The summed E-state index contributed by atoms with van der Waals surface area (Å²) in [7, 11) is 0. The number of nitrogen functional groups attached to an aromatic ring is 1. The van der Waals surface area contributed by atoms with Gasteiger partial charge in [0.25, 0.3) is 0 Å². The first kappa shape index (κ1) is 11.3. The Morgan fingerprint density at radius 1 is 1.50 bits per heavy atom. The van der Waals surface area contributed by atoms with Crippen molar-refractivity contribution in [2.45, 2.75) is 18.9 Å². The number of aromatic nitrogens is 1. The van der Waals surface area contributed by atoms with Crippen LogP contribution in [0.1, 0.15) is 12.8 Å². The van der Waals surface area contributed by atoms with Crippen LogP contribution in [0, 0.1) is 0 Å². The smallest absolute Gasteiger partial charge is 0.220 e. The molecule has 0 radical (unpaired) electrons. The lowest BCUT2D eigenvalue weighted by molar-refractivity contribution is -0.122. The highest BCUT2D eigenvalue weighted by molar-refractivity contribution is 7.16. The molecule has 1 aromatic carbocycles. The minimum Gasteiger partial charge on any atom is -0.395 e. The molecule has 1 aromatic heterocycles. The molecule has 0 saturated carbocycles. The number of nitrogens with two attached hydrogens (primary N) is 1. The first-order valence-corrected chi connectivity index (χ1v) is 6.77. The van der Waals surface area contributed by atoms with Gasteiger partial charge in [0.05, 0.1) is 21.6 Å². The molecule has 18 heavy (non-hydrogen) atoms. The monoisotopic (exact) mass is 262 g/mol. The highest BCUT2D eigenvalue weighted by Gasteiger charge is 2.18. The summed E-state index contributed by atoms with van der Waals surface area (Å²) < 4.78 is 1.09. The number of carbonyl (C=O) groups excluding carboxylic acids is 1. The summed E-state index contributed by atoms with van der Waals surface area (Å²) in [6, 6.07) is 4.24. The van der Waals surface area contributed by atoms with Crippen LogP contribution in [0.15, 0.2) is 17.6 Å². The first-order chi connectivity index (χ1) is 8.74. The van der Waals surface area contributed by atoms with E-state index >= 15 is 0 Å². The largest absolute Gasteiger partial charge is 0.395 e. The topological polar surface area (TPSA) is 80.0 Å². The van der Waals surface area contributed by atoms with Gasteiger partial charge in [0.15, 0.2) is 0 Å². The predicted octanol–water partition coefficient (Wildman–Crippen LogP) is 1.57. The number of hydrogen-bond acceptors (Lipinski definition) is 5. The van der Waals surface area contributed by atoms with Gasteiger partial charge >= 0.3 is 0 Å². The third-order valence-corrected chi connectivity index (χ3v) is 3.96. The molecule has 1 atom stereocenters. The molecule has 1 unspecified atom stereocenters. The summed E-state index contributed by atoms with van der Waals surface area (Å²) in [5.74, 6) is 0.121. The fourth-order valence-electron chi connectivity index (χ4n) is 2.15. The van der Waals surface area contributed by atoms with E-state index in [1.165, 1.54) is 0 Å². The van der Waals surface area contributed by atoms with Crippen LogP contribution in [0.4, 0.5) is 11.4 Å². The molecule has 1 aliphatic heterocycles. The van der Waals surface area contributed by atoms with Gasteiger partial charge in [-0.05, 0) is 18.6 Å². The second-order valence-electron chi connectivity index (χ2n) is 4.41. The van der Waals surface area contributed by atoms with Gasteiger partial charge in [0, 0.05) is 19.0 Å².